The van der Waals surface area contributed by atoms with Crippen molar-refractivity contribution in [3.63, 3.8) is 0 Å². The lowest BCUT2D eigenvalue weighted by atomic mass is 10.1. The smallest absolute Gasteiger partial charge is 0.212 e. The molecule has 0 spiro atoms. The Labute approximate surface area is 94.8 Å². The Bertz CT molecular complexity index is 448. The maximum atomic E-state index is 11.9. The molecular weight excluding hydrogens is 230 g/mol. The molecule has 1 aliphatic rings. The third kappa shape index (κ3) is 1.96. The number of thiophene rings is 1. The second kappa shape index (κ2) is 3.88. The van der Waals surface area contributed by atoms with E-state index in [2.05, 4.69) is 0 Å². The lowest BCUT2D eigenvalue weighted by Gasteiger charge is -2.27. The topological polar surface area (TPSA) is 37.4 Å². The van der Waals surface area contributed by atoms with Gasteiger partial charge in [-0.3, -0.25) is 0 Å². The molecule has 1 aliphatic heterocycles. The first kappa shape index (κ1) is 11.1. The van der Waals surface area contributed by atoms with Crippen molar-refractivity contribution in [2.24, 2.45) is 0 Å². The zero-order valence-corrected chi connectivity index (χ0v) is 10.6. The van der Waals surface area contributed by atoms with Crippen molar-refractivity contribution in [2.45, 2.75) is 32.1 Å². The monoisotopic (exact) mass is 245 g/mol. The van der Waals surface area contributed by atoms with Crippen molar-refractivity contribution in [3.8, 4) is 0 Å². The van der Waals surface area contributed by atoms with Crippen LogP contribution in [0.2, 0.25) is 0 Å². The number of hydrogen-bond acceptors (Lipinski definition) is 3. The summed E-state index contributed by atoms with van der Waals surface area (Å²) in [6.07, 6.45) is 0.860. The minimum Gasteiger partial charge on any atom is -0.212 e. The zero-order chi connectivity index (χ0) is 11.1. The molecule has 0 atom stereocenters. The average molecular weight is 245 g/mol. The zero-order valence-electron chi connectivity index (χ0n) is 8.93. The van der Waals surface area contributed by atoms with Crippen LogP contribution >= 0.6 is 11.3 Å². The van der Waals surface area contributed by atoms with Crippen LogP contribution in [0.5, 0.6) is 0 Å². The Morgan fingerprint density at radius 1 is 1.47 bits per heavy atom. The van der Waals surface area contributed by atoms with Gasteiger partial charge in [0, 0.05) is 18.0 Å². The van der Waals surface area contributed by atoms with Gasteiger partial charge < -0.3 is 0 Å². The van der Waals surface area contributed by atoms with Crippen molar-refractivity contribution in [2.75, 3.05) is 6.54 Å². The third-order valence-corrected chi connectivity index (χ3v) is 5.97. The van der Waals surface area contributed by atoms with E-state index in [1.165, 1.54) is 10.4 Å². The highest BCUT2D eigenvalue weighted by Crippen LogP contribution is 2.26. The van der Waals surface area contributed by atoms with Crippen molar-refractivity contribution < 1.29 is 8.42 Å². The maximum Gasteiger partial charge on any atom is 0.216 e. The Morgan fingerprint density at radius 3 is 2.87 bits per heavy atom. The molecular formula is C10H15NO2S2. The molecule has 84 valence electrons. The van der Waals surface area contributed by atoms with Crippen LogP contribution in [-0.4, -0.2) is 24.5 Å². The average Bonchev–Trinajstić information content (AvgIpc) is 2.63. The van der Waals surface area contributed by atoms with Gasteiger partial charge in [-0.05, 0) is 37.3 Å². The van der Waals surface area contributed by atoms with E-state index in [4.69, 9.17) is 0 Å². The summed E-state index contributed by atoms with van der Waals surface area (Å²) in [5, 5.41) is 1.72. The minimum absolute atomic E-state index is 0.322. The molecule has 0 unspecified atom stereocenters. The van der Waals surface area contributed by atoms with Crippen LogP contribution in [0, 0.1) is 0 Å². The normalized spacial score (nSPS) is 18.1. The van der Waals surface area contributed by atoms with E-state index < -0.39 is 10.0 Å². The third-order valence-electron chi connectivity index (χ3n) is 2.73. The van der Waals surface area contributed by atoms with Gasteiger partial charge in [0.2, 0.25) is 10.0 Å². The second-order valence-corrected chi connectivity index (χ2v) is 7.54. The van der Waals surface area contributed by atoms with E-state index in [1.54, 1.807) is 29.5 Å². The molecule has 3 nitrogen and oxygen atoms in total. The molecule has 0 aliphatic carbocycles. The summed E-state index contributed by atoms with van der Waals surface area (Å²) in [5.74, 6) is 0. The van der Waals surface area contributed by atoms with Gasteiger partial charge in [-0.2, -0.15) is 4.31 Å². The van der Waals surface area contributed by atoms with Gasteiger partial charge in [0.1, 0.15) is 0 Å². The molecule has 5 heteroatoms. The number of hydrogen-bond donors (Lipinski definition) is 0. The predicted octanol–water partition coefficient (Wildman–Crippen LogP) is 1.84. The molecule has 2 heterocycles. The Balaban J connectivity index is 2.24. The van der Waals surface area contributed by atoms with Crippen LogP contribution in [-0.2, 0) is 23.0 Å². The molecule has 0 aromatic carbocycles. The highest BCUT2D eigenvalue weighted by Gasteiger charge is 2.29. The van der Waals surface area contributed by atoms with Crippen LogP contribution in [0.1, 0.15) is 24.3 Å². The SMILES string of the molecule is CC(C)S(=O)(=O)N1CCc2sccc2C1. The summed E-state index contributed by atoms with van der Waals surface area (Å²) in [4.78, 5) is 1.34. The van der Waals surface area contributed by atoms with Crippen LogP contribution in [0.3, 0.4) is 0 Å². The molecule has 2 rings (SSSR count). The summed E-state index contributed by atoms with van der Waals surface area (Å²) in [5.41, 5.74) is 1.18. The van der Waals surface area contributed by atoms with Crippen molar-refractivity contribution in [1.82, 2.24) is 4.31 Å². The van der Waals surface area contributed by atoms with Gasteiger partial charge in [-0.1, -0.05) is 0 Å². The predicted molar refractivity (Wildman–Crippen MR) is 62.5 cm³/mol. The fourth-order valence-corrected chi connectivity index (χ4v) is 3.89. The Hall–Kier alpha value is -0.390. The van der Waals surface area contributed by atoms with Gasteiger partial charge in [0.15, 0.2) is 0 Å². The van der Waals surface area contributed by atoms with Crippen LogP contribution in [0.15, 0.2) is 11.4 Å². The molecule has 0 fully saturated rings. The van der Waals surface area contributed by atoms with Crippen molar-refractivity contribution >= 4 is 21.4 Å². The first-order chi connectivity index (χ1) is 7.01. The molecule has 0 N–H and O–H groups in total. The van der Waals surface area contributed by atoms with Crippen LogP contribution in [0.4, 0.5) is 0 Å². The highest BCUT2D eigenvalue weighted by molar-refractivity contribution is 7.89. The van der Waals surface area contributed by atoms with E-state index in [0.717, 1.165) is 6.42 Å². The quantitative estimate of drug-likeness (QED) is 0.797. The number of nitrogens with zero attached hydrogens (tertiary/aromatic N) is 1. The summed E-state index contributed by atoms with van der Waals surface area (Å²) in [6.45, 7) is 4.66. The van der Waals surface area contributed by atoms with Gasteiger partial charge >= 0.3 is 0 Å². The summed E-state index contributed by atoms with van der Waals surface area (Å²) >= 11 is 1.72. The first-order valence-corrected chi connectivity index (χ1v) is 7.44. The van der Waals surface area contributed by atoms with Crippen LogP contribution in [0.25, 0.3) is 0 Å². The second-order valence-electron chi connectivity index (χ2n) is 4.05. The molecule has 0 saturated heterocycles. The highest BCUT2D eigenvalue weighted by atomic mass is 32.2. The molecule has 0 amide bonds. The number of sulfonamides is 1. The van der Waals surface area contributed by atoms with Gasteiger partial charge in [0.05, 0.1) is 5.25 Å². The lowest BCUT2D eigenvalue weighted by molar-refractivity contribution is 0.389. The molecule has 0 bridgehead atoms. The Kier molecular flexibility index (Phi) is 2.87. The lowest BCUT2D eigenvalue weighted by Crippen LogP contribution is -2.39. The van der Waals surface area contributed by atoms with E-state index in [1.807, 2.05) is 11.4 Å². The minimum atomic E-state index is -3.08. The maximum absolute atomic E-state index is 11.9. The van der Waals surface area contributed by atoms with Crippen molar-refractivity contribution in [1.29, 1.82) is 0 Å². The Morgan fingerprint density at radius 2 is 2.20 bits per heavy atom. The molecule has 15 heavy (non-hydrogen) atoms. The van der Waals surface area contributed by atoms with Crippen LogP contribution < -0.4 is 0 Å². The van der Waals surface area contributed by atoms with Gasteiger partial charge in [-0.25, -0.2) is 8.42 Å². The van der Waals surface area contributed by atoms with E-state index in [0.29, 0.717) is 13.1 Å². The van der Waals surface area contributed by atoms with E-state index in [9.17, 15) is 8.42 Å². The summed E-state index contributed by atoms with van der Waals surface area (Å²) in [7, 11) is -3.08. The standard InChI is InChI=1S/C10H15NO2S2/c1-8(2)15(12,13)11-5-3-10-9(7-11)4-6-14-10/h4,6,8H,3,5,7H2,1-2H3. The molecule has 0 saturated carbocycles. The number of fused-ring (bicyclic) bond motifs is 1. The van der Waals surface area contributed by atoms with E-state index >= 15 is 0 Å². The molecule has 0 radical (unpaired) electrons. The summed E-state index contributed by atoms with van der Waals surface area (Å²) in [6, 6.07) is 2.03. The van der Waals surface area contributed by atoms with Gasteiger partial charge in [-0.15, -0.1) is 11.3 Å². The summed E-state index contributed by atoms with van der Waals surface area (Å²) < 4.78 is 25.5. The largest absolute Gasteiger partial charge is 0.216 e. The van der Waals surface area contributed by atoms with E-state index in [-0.39, 0.29) is 5.25 Å². The first-order valence-electron chi connectivity index (χ1n) is 5.06. The number of rotatable bonds is 2. The molecule has 1 aromatic rings. The van der Waals surface area contributed by atoms with Crippen molar-refractivity contribution in [3.05, 3.63) is 21.9 Å². The fraction of sp³-hybridized carbons (Fsp3) is 0.600. The van der Waals surface area contributed by atoms with Gasteiger partial charge in [0.25, 0.3) is 0 Å². The fourth-order valence-electron chi connectivity index (χ4n) is 1.74. The molecule has 1 aromatic heterocycles.